The number of hydrogen-bond acceptors (Lipinski definition) is 3. The van der Waals surface area contributed by atoms with Crippen LogP contribution in [0, 0.1) is 0 Å². The zero-order chi connectivity index (χ0) is 9.76. The van der Waals surface area contributed by atoms with E-state index in [1.54, 1.807) is 12.1 Å². The normalized spacial score (nSPS) is 21.0. The van der Waals surface area contributed by atoms with Gasteiger partial charge in [-0.3, -0.25) is 0 Å². The lowest BCUT2D eigenvalue weighted by molar-refractivity contribution is -0.286. The Morgan fingerprint density at radius 1 is 1.07 bits per heavy atom. The maximum absolute atomic E-state index is 12.7. The topological polar surface area (TPSA) is 30.5 Å². The standard InChI is InChI=1S/C9H7F2NO2/c10-9(11)13-7-1-5-3-12-4-6(5)2-8(7)14-9/h1-2,12H,3-4H2. The van der Waals surface area contributed by atoms with Crippen LogP contribution in [0.15, 0.2) is 12.1 Å². The molecule has 3 rings (SSSR count). The van der Waals surface area contributed by atoms with Crippen LogP contribution < -0.4 is 14.8 Å². The summed E-state index contributed by atoms with van der Waals surface area (Å²) >= 11 is 0. The maximum atomic E-state index is 12.7. The Hall–Kier alpha value is -1.36. The van der Waals surface area contributed by atoms with E-state index < -0.39 is 6.29 Å². The molecule has 2 heterocycles. The molecule has 0 saturated carbocycles. The highest BCUT2D eigenvalue weighted by atomic mass is 19.3. The van der Waals surface area contributed by atoms with Gasteiger partial charge in [-0.25, -0.2) is 0 Å². The monoisotopic (exact) mass is 199 g/mol. The second-order valence-electron chi connectivity index (χ2n) is 3.34. The van der Waals surface area contributed by atoms with Crippen LogP contribution in [0.25, 0.3) is 0 Å². The van der Waals surface area contributed by atoms with E-state index in [2.05, 4.69) is 14.8 Å². The second kappa shape index (κ2) is 2.36. The van der Waals surface area contributed by atoms with Crippen molar-refractivity contribution in [3.8, 4) is 11.5 Å². The van der Waals surface area contributed by atoms with Crippen molar-refractivity contribution in [2.75, 3.05) is 0 Å². The van der Waals surface area contributed by atoms with Gasteiger partial charge in [0.1, 0.15) is 0 Å². The summed E-state index contributed by atoms with van der Waals surface area (Å²) < 4.78 is 34.0. The number of rotatable bonds is 0. The van der Waals surface area contributed by atoms with Crippen LogP contribution in [-0.4, -0.2) is 6.29 Å². The molecule has 0 aliphatic carbocycles. The highest BCUT2D eigenvalue weighted by Crippen LogP contribution is 2.43. The smallest absolute Gasteiger partial charge is 0.395 e. The first-order valence-corrected chi connectivity index (χ1v) is 4.26. The molecule has 0 radical (unpaired) electrons. The Labute approximate surface area is 78.6 Å². The van der Waals surface area contributed by atoms with Crippen molar-refractivity contribution in [1.29, 1.82) is 0 Å². The number of nitrogens with one attached hydrogen (secondary N) is 1. The molecule has 2 aliphatic heterocycles. The number of benzene rings is 1. The average Bonchev–Trinajstić information content (AvgIpc) is 2.59. The van der Waals surface area contributed by atoms with Crippen molar-refractivity contribution in [1.82, 2.24) is 5.32 Å². The fourth-order valence-corrected chi connectivity index (χ4v) is 1.74. The van der Waals surface area contributed by atoms with Gasteiger partial charge in [0, 0.05) is 13.1 Å². The van der Waals surface area contributed by atoms with Gasteiger partial charge in [0.15, 0.2) is 11.5 Å². The molecular weight excluding hydrogens is 192 g/mol. The Morgan fingerprint density at radius 2 is 1.57 bits per heavy atom. The molecule has 3 nitrogen and oxygen atoms in total. The lowest BCUT2D eigenvalue weighted by atomic mass is 10.1. The summed E-state index contributed by atoms with van der Waals surface area (Å²) in [4.78, 5) is 0. The number of fused-ring (bicyclic) bond motifs is 2. The first-order valence-electron chi connectivity index (χ1n) is 4.26. The zero-order valence-corrected chi connectivity index (χ0v) is 7.14. The van der Waals surface area contributed by atoms with E-state index >= 15 is 0 Å². The first-order chi connectivity index (χ1) is 6.64. The molecule has 74 valence electrons. The highest BCUT2D eigenvalue weighted by Gasteiger charge is 2.43. The van der Waals surface area contributed by atoms with Crippen molar-refractivity contribution in [2.45, 2.75) is 19.4 Å². The largest absolute Gasteiger partial charge is 0.586 e. The highest BCUT2D eigenvalue weighted by molar-refractivity contribution is 5.50. The molecule has 0 unspecified atom stereocenters. The predicted molar refractivity (Wildman–Crippen MR) is 43.2 cm³/mol. The Bertz CT molecular complexity index is 371. The molecule has 2 aliphatic rings. The predicted octanol–water partition coefficient (Wildman–Crippen LogP) is 1.61. The summed E-state index contributed by atoms with van der Waals surface area (Å²) in [6, 6.07) is 3.21. The van der Waals surface area contributed by atoms with E-state index in [1.807, 2.05) is 0 Å². The minimum absolute atomic E-state index is 0.123. The quantitative estimate of drug-likeness (QED) is 0.688. The number of halogens is 2. The van der Waals surface area contributed by atoms with E-state index in [9.17, 15) is 8.78 Å². The molecule has 1 aromatic rings. The van der Waals surface area contributed by atoms with Crippen molar-refractivity contribution in [3.63, 3.8) is 0 Å². The van der Waals surface area contributed by atoms with E-state index in [4.69, 9.17) is 0 Å². The molecule has 0 bridgehead atoms. The van der Waals surface area contributed by atoms with Gasteiger partial charge in [-0.05, 0) is 23.3 Å². The Kier molecular flexibility index (Phi) is 1.35. The summed E-state index contributed by atoms with van der Waals surface area (Å²) in [5.41, 5.74) is 1.98. The van der Waals surface area contributed by atoms with Crippen LogP contribution in [-0.2, 0) is 13.1 Å². The van der Waals surface area contributed by atoms with Crippen LogP contribution in [0.1, 0.15) is 11.1 Å². The van der Waals surface area contributed by atoms with Crippen molar-refractivity contribution < 1.29 is 18.3 Å². The third-order valence-corrected chi connectivity index (χ3v) is 2.35. The van der Waals surface area contributed by atoms with Crippen LogP contribution >= 0.6 is 0 Å². The maximum Gasteiger partial charge on any atom is 0.586 e. The third kappa shape index (κ3) is 1.05. The fraction of sp³-hybridized carbons (Fsp3) is 0.333. The molecular formula is C9H7F2NO2. The van der Waals surface area contributed by atoms with Gasteiger partial charge in [-0.2, -0.15) is 0 Å². The molecule has 0 spiro atoms. The van der Waals surface area contributed by atoms with Gasteiger partial charge in [0.25, 0.3) is 0 Å². The minimum atomic E-state index is -3.51. The van der Waals surface area contributed by atoms with Gasteiger partial charge < -0.3 is 14.8 Å². The molecule has 1 aromatic carbocycles. The third-order valence-electron chi connectivity index (χ3n) is 2.35. The summed E-state index contributed by atoms with van der Waals surface area (Å²) in [5.74, 6) is 0.245. The van der Waals surface area contributed by atoms with Gasteiger partial charge >= 0.3 is 6.29 Å². The number of alkyl halides is 2. The molecule has 0 aromatic heterocycles. The lowest BCUT2D eigenvalue weighted by Crippen LogP contribution is -2.26. The molecule has 0 saturated heterocycles. The second-order valence-corrected chi connectivity index (χ2v) is 3.34. The molecule has 14 heavy (non-hydrogen) atoms. The van der Waals surface area contributed by atoms with E-state index in [0.717, 1.165) is 11.1 Å². The molecule has 5 heteroatoms. The minimum Gasteiger partial charge on any atom is -0.395 e. The van der Waals surface area contributed by atoms with Gasteiger partial charge in [0.05, 0.1) is 0 Å². The van der Waals surface area contributed by atoms with Crippen molar-refractivity contribution in [2.24, 2.45) is 0 Å². The van der Waals surface area contributed by atoms with Gasteiger partial charge in [0.2, 0.25) is 0 Å². The summed E-state index contributed by atoms with van der Waals surface area (Å²) in [6.45, 7) is 1.38. The van der Waals surface area contributed by atoms with Crippen LogP contribution in [0.5, 0.6) is 11.5 Å². The zero-order valence-electron chi connectivity index (χ0n) is 7.14. The average molecular weight is 199 g/mol. The summed E-state index contributed by atoms with van der Waals surface area (Å²) in [5, 5.41) is 3.11. The molecule has 0 fully saturated rings. The van der Waals surface area contributed by atoms with Crippen LogP contribution in [0.4, 0.5) is 8.78 Å². The van der Waals surface area contributed by atoms with E-state index in [0.29, 0.717) is 13.1 Å². The van der Waals surface area contributed by atoms with Gasteiger partial charge in [-0.1, -0.05) is 0 Å². The lowest BCUT2D eigenvalue weighted by Gasteiger charge is -2.04. The Balaban J connectivity index is 2.08. The van der Waals surface area contributed by atoms with Crippen molar-refractivity contribution >= 4 is 0 Å². The number of hydrogen-bond donors (Lipinski definition) is 1. The summed E-state index contributed by atoms with van der Waals surface area (Å²) in [7, 11) is 0. The van der Waals surface area contributed by atoms with Crippen LogP contribution in [0.3, 0.4) is 0 Å². The van der Waals surface area contributed by atoms with E-state index in [-0.39, 0.29) is 11.5 Å². The van der Waals surface area contributed by atoms with Gasteiger partial charge in [-0.15, -0.1) is 8.78 Å². The van der Waals surface area contributed by atoms with E-state index in [1.165, 1.54) is 0 Å². The number of ether oxygens (including phenoxy) is 2. The first kappa shape index (κ1) is 7.99. The fourth-order valence-electron chi connectivity index (χ4n) is 1.74. The molecule has 1 N–H and O–H groups in total. The molecule has 0 amide bonds. The van der Waals surface area contributed by atoms with Crippen molar-refractivity contribution in [3.05, 3.63) is 23.3 Å². The Morgan fingerprint density at radius 3 is 2.07 bits per heavy atom. The molecule has 0 atom stereocenters. The summed E-state index contributed by atoms with van der Waals surface area (Å²) in [6.07, 6.45) is -3.51. The SMILES string of the molecule is FC1(F)Oc2cc3c(cc2O1)CNC3. The van der Waals surface area contributed by atoms with Crippen LogP contribution in [0.2, 0.25) is 0 Å².